The molecule has 0 amide bonds. The summed E-state index contributed by atoms with van der Waals surface area (Å²) in [5, 5.41) is 1.79. The Morgan fingerprint density at radius 1 is 1.10 bits per heavy atom. The van der Waals surface area contributed by atoms with Crippen molar-refractivity contribution >= 4 is 22.5 Å². The highest BCUT2D eigenvalue weighted by molar-refractivity contribution is 6.06. The Bertz CT molecular complexity index is 1050. The molecule has 0 radical (unpaired) electrons. The maximum absolute atomic E-state index is 12.7. The van der Waals surface area contributed by atoms with E-state index in [0.29, 0.717) is 11.1 Å². The van der Waals surface area contributed by atoms with Gasteiger partial charge in [0.2, 0.25) is 5.78 Å². The molecule has 1 aliphatic rings. The van der Waals surface area contributed by atoms with Crippen LogP contribution in [0.1, 0.15) is 44.9 Å². The van der Waals surface area contributed by atoms with E-state index < -0.39 is 5.97 Å². The Kier molecular flexibility index (Phi) is 5.49. The topological polar surface area (TPSA) is 57.5 Å². The maximum atomic E-state index is 12.7. The lowest BCUT2D eigenvalue weighted by molar-refractivity contribution is 0.0476. The molecule has 0 unspecified atom stereocenters. The molecule has 0 spiro atoms. The smallest absolute Gasteiger partial charge is 0.339 e. The second kappa shape index (κ2) is 8.21. The fraction of sp³-hybridized carbons (Fsp3) is 0.333. The van der Waals surface area contributed by atoms with Gasteiger partial charge in [-0.05, 0) is 49.6 Å². The molecule has 3 aromatic rings. The van der Waals surface area contributed by atoms with Crippen molar-refractivity contribution in [3.05, 3.63) is 71.0 Å². The summed E-state index contributed by atoms with van der Waals surface area (Å²) >= 11 is 0. The van der Waals surface area contributed by atoms with Crippen molar-refractivity contribution in [2.24, 2.45) is 0 Å². The SMILES string of the molecule is Cc1cc(C(=O)COC(=O)c2cccc3ccccc23)c(C)n1C[C@@H]1CCCO1. The van der Waals surface area contributed by atoms with Crippen LogP contribution in [-0.4, -0.2) is 35.6 Å². The molecule has 29 heavy (non-hydrogen) atoms. The Morgan fingerprint density at radius 2 is 1.90 bits per heavy atom. The first-order chi connectivity index (χ1) is 14.0. The van der Waals surface area contributed by atoms with Crippen LogP contribution in [0.25, 0.3) is 10.8 Å². The van der Waals surface area contributed by atoms with Crippen LogP contribution >= 0.6 is 0 Å². The highest BCUT2D eigenvalue weighted by Gasteiger charge is 2.22. The number of ketones is 1. The number of Topliss-reactive ketones (excluding diaryl/α,β-unsaturated/α-hetero) is 1. The molecule has 2 heterocycles. The predicted octanol–water partition coefficient (Wildman–Crippen LogP) is 4.48. The highest BCUT2D eigenvalue weighted by Crippen LogP contribution is 2.22. The maximum Gasteiger partial charge on any atom is 0.339 e. The van der Waals surface area contributed by atoms with Gasteiger partial charge in [0, 0.05) is 30.1 Å². The first-order valence-electron chi connectivity index (χ1n) is 10.0. The summed E-state index contributed by atoms with van der Waals surface area (Å²) < 4.78 is 13.2. The van der Waals surface area contributed by atoms with Gasteiger partial charge in [0.25, 0.3) is 0 Å². The predicted molar refractivity (Wildman–Crippen MR) is 111 cm³/mol. The standard InChI is InChI=1S/C24H25NO4/c1-16-13-22(17(2)25(16)14-19-9-6-12-28-19)23(26)15-29-24(27)21-11-5-8-18-7-3-4-10-20(18)21/h3-5,7-8,10-11,13,19H,6,9,12,14-15H2,1-2H3/t19-/m0/s1. The molecule has 0 bridgehead atoms. The molecular weight excluding hydrogens is 366 g/mol. The summed E-state index contributed by atoms with van der Waals surface area (Å²) in [6.07, 6.45) is 2.33. The van der Waals surface area contributed by atoms with Gasteiger partial charge in [0.15, 0.2) is 6.61 Å². The number of carbonyl (C=O) groups excluding carboxylic acids is 2. The molecule has 1 aromatic heterocycles. The molecule has 5 nitrogen and oxygen atoms in total. The lowest BCUT2D eigenvalue weighted by atomic mass is 10.0. The van der Waals surface area contributed by atoms with Gasteiger partial charge in [-0.25, -0.2) is 4.79 Å². The number of ether oxygens (including phenoxy) is 2. The third kappa shape index (κ3) is 3.96. The molecule has 4 rings (SSSR count). The summed E-state index contributed by atoms with van der Waals surface area (Å²) in [5.41, 5.74) is 2.98. The minimum atomic E-state index is -0.483. The number of fused-ring (bicyclic) bond motifs is 1. The van der Waals surface area contributed by atoms with E-state index in [9.17, 15) is 9.59 Å². The molecule has 0 saturated carbocycles. The number of benzene rings is 2. The summed E-state index contributed by atoms with van der Waals surface area (Å²) in [6, 6.07) is 15.0. The van der Waals surface area contributed by atoms with Crippen molar-refractivity contribution in [1.29, 1.82) is 0 Å². The van der Waals surface area contributed by atoms with Gasteiger partial charge in [-0.1, -0.05) is 36.4 Å². The number of rotatable bonds is 6. The molecule has 150 valence electrons. The fourth-order valence-electron chi connectivity index (χ4n) is 4.05. The van der Waals surface area contributed by atoms with Crippen LogP contribution in [0.4, 0.5) is 0 Å². The van der Waals surface area contributed by atoms with E-state index in [-0.39, 0.29) is 18.5 Å². The largest absolute Gasteiger partial charge is 0.454 e. The molecule has 2 aromatic carbocycles. The average molecular weight is 391 g/mol. The number of hydrogen-bond donors (Lipinski definition) is 0. The van der Waals surface area contributed by atoms with Gasteiger partial charge in [-0.15, -0.1) is 0 Å². The van der Waals surface area contributed by atoms with Crippen molar-refractivity contribution in [2.75, 3.05) is 13.2 Å². The quantitative estimate of drug-likeness (QED) is 0.459. The molecule has 0 aliphatic carbocycles. The van der Waals surface area contributed by atoms with Gasteiger partial charge in [-0.3, -0.25) is 4.79 Å². The van der Waals surface area contributed by atoms with Crippen LogP contribution in [-0.2, 0) is 16.0 Å². The second-order valence-corrected chi connectivity index (χ2v) is 7.56. The number of aryl methyl sites for hydroxylation is 1. The monoisotopic (exact) mass is 391 g/mol. The van der Waals surface area contributed by atoms with E-state index in [1.165, 1.54) is 0 Å². The Morgan fingerprint density at radius 3 is 2.69 bits per heavy atom. The van der Waals surface area contributed by atoms with Crippen molar-refractivity contribution in [2.45, 2.75) is 39.3 Å². The second-order valence-electron chi connectivity index (χ2n) is 7.56. The molecule has 5 heteroatoms. The highest BCUT2D eigenvalue weighted by atomic mass is 16.5. The first kappa shape index (κ1) is 19.4. The normalized spacial score (nSPS) is 16.3. The van der Waals surface area contributed by atoms with Crippen LogP contribution in [0.2, 0.25) is 0 Å². The van der Waals surface area contributed by atoms with Crippen LogP contribution < -0.4 is 0 Å². The van der Waals surface area contributed by atoms with Crippen LogP contribution in [0.5, 0.6) is 0 Å². The zero-order chi connectivity index (χ0) is 20.4. The first-order valence-corrected chi connectivity index (χ1v) is 10.0. The van der Waals surface area contributed by atoms with E-state index in [4.69, 9.17) is 9.47 Å². The van der Waals surface area contributed by atoms with Crippen molar-refractivity contribution in [3.8, 4) is 0 Å². The van der Waals surface area contributed by atoms with Crippen LogP contribution in [0.15, 0.2) is 48.5 Å². The molecule has 1 atom stereocenters. The van der Waals surface area contributed by atoms with E-state index >= 15 is 0 Å². The fourth-order valence-corrected chi connectivity index (χ4v) is 4.05. The number of nitrogens with zero attached hydrogens (tertiary/aromatic N) is 1. The molecule has 1 aliphatic heterocycles. The van der Waals surface area contributed by atoms with Gasteiger partial charge < -0.3 is 14.0 Å². The Labute approximate surface area is 170 Å². The van der Waals surface area contributed by atoms with Crippen molar-refractivity contribution in [3.63, 3.8) is 0 Å². The van der Waals surface area contributed by atoms with E-state index in [2.05, 4.69) is 4.57 Å². The van der Waals surface area contributed by atoms with Crippen molar-refractivity contribution in [1.82, 2.24) is 4.57 Å². The Balaban J connectivity index is 1.46. The van der Waals surface area contributed by atoms with E-state index in [0.717, 1.165) is 48.2 Å². The molecule has 1 fully saturated rings. The minimum absolute atomic E-state index is 0.190. The lowest BCUT2D eigenvalue weighted by Crippen LogP contribution is -2.18. The third-order valence-corrected chi connectivity index (χ3v) is 5.63. The zero-order valence-electron chi connectivity index (χ0n) is 16.8. The van der Waals surface area contributed by atoms with E-state index in [1.807, 2.05) is 56.3 Å². The van der Waals surface area contributed by atoms with E-state index in [1.54, 1.807) is 6.07 Å². The third-order valence-electron chi connectivity index (χ3n) is 5.63. The van der Waals surface area contributed by atoms with Crippen LogP contribution in [0, 0.1) is 13.8 Å². The van der Waals surface area contributed by atoms with Gasteiger partial charge in [0.1, 0.15) is 0 Å². The minimum Gasteiger partial charge on any atom is -0.454 e. The number of hydrogen-bond acceptors (Lipinski definition) is 4. The van der Waals surface area contributed by atoms with Crippen molar-refractivity contribution < 1.29 is 19.1 Å². The summed E-state index contributed by atoms with van der Waals surface area (Å²) in [6.45, 7) is 5.20. The summed E-state index contributed by atoms with van der Waals surface area (Å²) in [7, 11) is 0. The zero-order valence-corrected chi connectivity index (χ0v) is 16.8. The summed E-state index contributed by atoms with van der Waals surface area (Å²) in [5.74, 6) is -0.673. The molecule has 1 saturated heterocycles. The van der Waals surface area contributed by atoms with Crippen LogP contribution in [0.3, 0.4) is 0 Å². The number of aromatic nitrogens is 1. The Hall–Kier alpha value is -2.92. The summed E-state index contributed by atoms with van der Waals surface area (Å²) in [4.78, 5) is 25.3. The van der Waals surface area contributed by atoms with Gasteiger partial charge in [0.05, 0.1) is 11.7 Å². The van der Waals surface area contributed by atoms with Gasteiger partial charge in [-0.2, -0.15) is 0 Å². The lowest BCUT2D eigenvalue weighted by Gasteiger charge is -2.14. The molecule has 0 N–H and O–H groups in total. The average Bonchev–Trinajstić information content (AvgIpc) is 3.35. The molecular formula is C24H25NO4. The number of carbonyl (C=O) groups is 2. The van der Waals surface area contributed by atoms with Gasteiger partial charge >= 0.3 is 5.97 Å². The number of esters is 1.